The van der Waals surface area contributed by atoms with E-state index in [0.717, 1.165) is 42.0 Å². The Morgan fingerprint density at radius 1 is 1.17 bits per heavy atom. The van der Waals surface area contributed by atoms with Crippen LogP contribution < -0.4 is 5.32 Å². The normalized spacial score (nSPS) is 16.1. The number of carbonyl (C=O) groups is 1. The minimum atomic E-state index is 0.0582. The molecule has 1 atom stereocenters. The molecule has 2 heterocycles. The number of amides is 1. The van der Waals surface area contributed by atoms with Crippen molar-refractivity contribution in [1.29, 1.82) is 0 Å². The number of aryl methyl sites for hydroxylation is 2. The van der Waals surface area contributed by atoms with E-state index in [1.165, 1.54) is 5.56 Å². The van der Waals surface area contributed by atoms with E-state index in [4.69, 9.17) is 9.84 Å². The number of nitrogens with zero attached hydrogens (tertiary/aromatic N) is 2. The van der Waals surface area contributed by atoms with Gasteiger partial charge in [0, 0.05) is 31.3 Å². The third kappa shape index (κ3) is 4.93. The highest BCUT2D eigenvalue weighted by atomic mass is 16.5. The fourth-order valence-electron chi connectivity index (χ4n) is 3.63. The number of benzene rings is 2. The Morgan fingerprint density at radius 2 is 1.97 bits per heavy atom. The van der Waals surface area contributed by atoms with Crippen LogP contribution in [0.3, 0.4) is 0 Å². The van der Waals surface area contributed by atoms with Crippen LogP contribution in [0.1, 0.15) is 30.4 Å². The van der Waals surface area contributed by atoms with Gasteiger partial charge in [-0.1, -0.05) is 48.0 Å². The molecule has 3 aromatic rings. The molecule has 0 saturated carbocycles. The summed E-state index contributed by atoms with van der Waals surface area (Å²) in [5.41, 5.74) is 5.30. The number of rotatable bonds is 7. The lowest BCUT2D eigenvalue weighted by Gasteiger charge is -2.10. The summed E-state index contributed by atoms with van der Waals surface area (Å²) in [6.45, 7) is 3.48. The molecule has 0 radical (unpaired) electrons. The Hall–Kier alpha value is -2.92. The van der Waals surface area contributed by atoms with Crippen LogP contribution >= 0.6 is 0 Å². The highest BCUT2D eigenvalue weighted by molar-refractivity contribution is 5.76. The fraction of sp³-hybridized carbons (Fsp3) is 0.333. The molecule has 5 heteroatoms. The van der Waals surface area contributed by atoms with Gasteiger partial charge in [-0.25, -0.2) is 4.68 Å². The van der Waals surface area contributed by atoms with Gasteiger partial charge in [-0.2, -0.15) is 5.10 Å². The summed E-state index contributed by atoms with van der Waals surface area (Å²) in [4.78, 5) is 12.3. The number of nitrogens with one attached hydrogen (secondary N) is 1. The first kappa shape index (κ1) is 19.4. The first-order valence-corrected chi connectivity index (χ1v) is 10.3. The van der Waals surface area contributed by atoms with Gasteiger partial charge in [0.2, 0.25) is 5.91 Å². The highest BCUT2D eigenvalue weighted by Gasteiger charge is 2.17. The van der Waals surface area contributed by atoms with Crippen molar-refractivity contribution < 1.29 is 9.53 Å². The van der Waals surface area contributed by atoms with Crippen LogP contribution in [0.4, 0.5) is 0 Å². The standard InChI is InChI=1S/C24H27N3O2/c1-18-9-11-19(12-10-18)24-20(17-27(26-24)21-6-3-2-4-7-21)13-14-23(28)25-16-22-8-5-15-29-22/h2-4,6-7,9-12,17,22H,5,8,13-16H2,1H3,(H,25,28)/t22-/m1/s1. The van der Waals surface area contributed by atoms with Gasteiger partial charge in [-0.3, -0.25) is 4.79 Å². The van der Waals surface area contributed by atoms with Crippen molar-refractivity contribution in [3.05, 3.63) is 71.9 Å². The molecule has 0 unspecified atom stereocenters. The number of hydrogen-bond donors (Lipinski definition) is 1. The van der Waals surface area contributed by atoms with E-state index in [2.05, 4.69) is 36.5 Å². The van der Waals surface area contributed by atoms with Crippen molar-refractivity contribution in [3.8, 4) is 16.9 Å². The molecule has 0 spiro atoms. The molecule has 4 rings (SSSR count). The van der Waals surface area contributed by atoms with Gasteiger partial charge in [-0.05, 0) is 43.9 Å². The second kappa shape index (κ2) is 9.05. The lowest BCUT2D eigenvalue weighted by Crippen LogP contribution is -2.31. The van der Waals surface area contributed by atoms with E-state index in [0.29, 0.717) is 19.4 Å². The fourth-order valence-corrected chi connectivity index (χ4v) is 3.63. The summed E-state index contributed by atoms with van der Waals surface area (Å²) in [5, 5.41) is 7.84. The molecule has 1 fully saturated rings. The number of aromatic nitrogens is 2. The monoisotopic (exact) mass is 389 g/mol. The molecule has 150 valence electrons. The maximum absolute atomic E-state index is 12.3. The van der Waals surface area contributed by atoms with E-state index < -0.39 is 0 Å². The van der Waals surface area contributed by atoms with Crippen LogP contribution in [0, 0.1) is 6.92 Å². The molecule has 1 aliphatic rings. The van der Waals surface area contributed by atoms with E-state index in [1.807, 2.05) is 41.2 Å². The molecule has 0 aliphatic carbocycles. The molecular formula is C24H27N3O2. The second-order valence-electron chi connectivity index (χ2n) is 7.59. The summed E-state index contributed by atoms with van der Waals surface area (Å²) in [6, 6.07) is 18.4. The topological polar surface area (TPSA) is 56.2 Å². The third-order valence-electron chi connectivity index (χ3n) is 5.31. The van der Waals surface area contributed by atoms with Crippen LogP contribution in [-0.4, -0.2) is 34.9 Å². The predicted molar refractivity (Wildman–Crippen MR) is 114 cm³/mol. The minimum absolute atomic E-state index is 0.0582. The molecule has 0 bridgehead atoms. The predicted octanol–water partition coefficient (Wildman–Crippen LogP) is 4.08. The van der Waals surface area contributed by atoms with E-state index >= 15 is 0 Å². The lowest BCUT2D eigenvalue weighted by atomic mass is 10.0. The molecule has 5 nitrogen and oxygen atoms in total. The van der Waals surface area contributed by atoms with Crippen molar-refractivity contribution in [2.45, 2.75) is 38.7 Å². The van der Waals surface area contributed by atoms with Gasteiger partial charge in [0.05, 0.1) is 17.5 Å². The van der Waals surface area contributed by atoms with E-state index in [1.54, 1.807) is 0 Å². The Labute approximate surface area is 171 Å². The molecule has 1 saturated heterocycles. The molecule has 1 aliphatic heterocycles. The molecule has 1 aromatic heterocycles. The SMILES string of the molecule is Cc1ccc(-c2nn(-c3ccccc3)cc2CCC(=O)NC[C@H]2CCCO2)cc1. The zero-order valence-electron chi connectivity index (χ0n) is 16.8. The van der Waals surface area contributed by atoms with Gasteiger partial charge in [-0.15, -0.1) is 0 Å². The average Bonchev–Trinajstić information content (AvgIpc) is 3.42. The summed E-state index contributed by atoms with van der Waals surface area (Å²) < 4.78 is 7.47. The zero-order chi connectivity index (χ0) is 20.1. The minimum Gasteiger partial charge on any atom is -0.376 e. The van der Waals surface area contributed by atoms with Crippen LogP contribution in [0.15, 0.2) is 60.8 Å². The molecule has 1 N–H and O–H groups in total. The smallest absolute Gasteiger partial charge is 0.220 e. The Bertz CT molecular complexity index is 942. The quantitative estimate of drug-likeness (QED) is 0.663. The largest absolute Gasteiger partial charge is 0.376 e. The van der Waals surface area contributed by atoms with Gasteiger partial charge in [0.25, 0.3) is 0 Å². The van der Waals surface area contributed by atoms with Gasteiger partial charge in [0.15, 0.2) is 0 Å². The maximum Gasteiger partial charge on any atom is 0.220 e. The first-order valence-electron chi connectivity index (χ1n) is 10.3. The van der Waals surface area contributed by atoms with Crippen molar-refractivity contribution >= 4 is 5.91 Å². The van der Waals surface area contributed by atoms with Crippen molar-refractivity contribution in [1.82, 2.24) is 15.1 Å². The van der Waals surface area contributed by atoms with Gasteiger partial charge < -0.3 is 10.1 Å². The maximum atomic E-state index is 12.3. The molecule has 2 aromatic carbocycles. The van der Waals surface area contributed by atoms with Crippen molar-refractivity contribution in [2.24, 2.45) is 0 Å². The average molecular weight is 389 g/mol. The van der Waals surface area contributed by atoms with Crippen LogP contribution in [-0.2, 0) is 16.0 Å². The Balaban J connectivity index is 1.50. The number of ether oxygens (including phenoxy) is 1. The summed E-state index contributed by atoms with van der Waals surface area (Å²) in [6.07, 6.45) is 5.40. The summed E-state index contributed by atoms with van der Waals surface area (Å²) in [5.74, 6) is 0.0582. The number of carbonyl (C=O) groups excluding carboxylic acids is 1. The van der Waals surface area contributed by atoms with Gasteiger partial charge in [0.1, 0.15) is 0 Å². The zero-order valence-corrected chi connectivity index (χ0v) is 16.8. The highest BCUT2D eigenvalue weighted by Crippen LogP contribution is 2.25. The lowest BCUT2D eigenvalue weighted by molar-refractivity contribution is -0.121. The Kier molecular flexibility index (Phi) is 6.06. The number of hydrogen-bond acceptors (Lipinski definition) is 3. The first-order chi connectivity index (χ1) is 14.2. The van der Waals surface area contributed by atoms with Gasteiger partial charge >= 0.3 is 0 Å². The molecule has 1 amide bonds. The third-order valence-corrected chi connectivity index (χ3v) is 5.31. The van der Waals surface area contributed by atoms with E-state index in [-0.39, 0.29) is 12.0 Å². The number of para-hydroxylation sites is 1. The van der Waals surface area contributed by atoms with E-state index in [9.17, 15) is 4.79 Å². The van der Waals surface area contributed by atoms with Crippen LogP contribution in [0.25, 0.3) is 16.9 Å². The molecule has 29 heavy (non-hydrogen) atoms. The van der Waals surface area contributed by atoms with Crippen molar-refractivity contribution in [3.63, 3.8) is 0 Å². The summed E-state index contributed by atoms with van der Waals surface area (Å²) >= 11 is 0. The van der Waals surface area contributed by atoms with Crippen LogP contribution in [0.2, 0.25) is 0 Å². The van der Waals surface area contributed by atoms with Crippen molar-refractivity contribution in [2.75, 3.05) is 13.2 Å². The van der Waals surface area contributed by atoms with Crippen LogP contribution in [0.5, 0.6) is 0 Å². The Morgan fingerprint density at radius 3 is 2.69 bits per heavy atom. The molecular weight excluding hydrogens is 362 g/mol. The second-order valence-corrected chi connectivity index (χ2v) is 7.59. The summed E-state index contributed by atoms with van der Waals surface area (Å²) in [7, 11) is 0.